The summed E-state index contributed by atoms with van der Waals surface area (Å²) in [6.07, 6.45) is -0.172. The second kappa shape index (κ2) is 8.67. The van der Waals surface area contributed by atoms with Gasteiger partial charge in [-0.2, -0.15) is 13.2 Å². The molecule has 3 nitrogen and oxygen atoms in total. The normalized spacial score (nSPS) is 18.6. The predicted molar refractivity (Wildman–Crippen MR) is 122 cm³/mol. The lowest BCUT2D eigenvalue weighted by atomic mass is 10.0. The topological polar surface area (TPSA) is 36.4 Å². The fourth-order valence-electron chi connectivity index (χ4n) is 3.72. The SMILES string of the molecule is C=C(NC1=NC(c2ccccc2C(F)(F)F)Nc2ccccc21)/C(=C\C)C1=CCCS1. The van der Waals surface area contributed by atoms with Gasteiger partial charge in [0.1, 0.15) is 12.0 Å². The van der Waals surface area contributed by atoms with Crippen LogP contribution in [0.4, 0.5) is 18.9 Å². The van der Waals surface area contributed by atoms with Crippen molar-refractivity contribution in [1.29, 1.82) is 0 Å². The molecule has 0 bridgehead atoms. The summed E-state index contributed by atoms with van der Waals surface area (Å²) in [4.78, 5) is 5.79. The average Bonchev–Trinajstić information content (AvgIpc) is 3.28. The van der Waals surface area contributed by atoms with E-state index >= 15 is 0 Å². The van der Waals surface area contributed by atoms with Crippen molar-refractivity contribution in [3.8, 4) is 0 Å². The van der Waals surface area contributed by atoms with Crippen molar-refractivity contribution in [3.05, 3.63) is 100 Å². The quantitative estimate of drug-likeness (QED) is 0.522. The molecule has 1 atom stereocenters. The van der Waals surface area contributed by atoms with Crippen molar-refractivity contribution in [3.63, 3.8) is 0 Å². The molecule has 2 aromatic rings. The largest absolute Gasteiger partial charge is 0.416 e. The molecular weight excluding hydrogens is 419 g/mol. The van der Waals surface area contributed by atoms with Crippen LogP contribution in [0.2, 0.25) is 0 Å². The number of rotatable bonds is 4. The molecule has 0 aromatic heterocycles. The molecule has 4 rings (SSSR count). The minimum Gasteiger partial charge on any atom is -0.359 e. The fraction of sp³-hybridized carbons (Fsp3) is 0.208. The summed E-state index contributed by atoms with van der Waals surface area (Å²) in [6, 6.07) is 13.0. The highest BCUT2D eigenvalue weighted by Gasteiger charge is 2.36. The van der Waals surface area contributed by atoms with E-state index in [1.807, 2.05) is 37.3 Å². The van der Waals surface area contributed by atoms with E-state index < -0.39 is 17.9 Å². The highest BCUT2D eigenvalue weighted by Crippen LogP contribution is 2.38. The number of para-hydroxylation sites is 1. The minimum absolute atomic E-state index is 0.0785. The standard InChI is InChI=1S/C24H22F3N3S/c1-3-16(21-13-8-14-31-21)15(2)28-23-18-10-5-7-12-20(18)29-22(30-23)17-9-4-6-11-19(17)24(25,26)27/h3-7,9-13,22,29H,2,8,14H2,1H3,(H,28,30)/b16-3+. The Bertz CT molecular complexity index is 1100. The molecule has 2 aliphatic heterocycles. The van der Waals surface area contributed by atoms with Crippen LogP contribution in [0.15, 0.2) is 88.4 Å². The third-order valence-electron chi connectivity index (χ3n) is 5.15. The molecule has 0 spiro atoms. The smallest absolute Gasteiger partial charge is 0.359 e. The molecule has 2 aliphatic rings. The maximum absolute atomic E-state index is 13.6. The van der Waals surface area contributed by atoms with Gasteiger partial charge in [0, 0.05) is 38.7 Å². The van der Waals surface area contributed by atoms with Crippen molar-refractivity contribution in [1.82, 2.24) is 5.32 Å². The third-order valence-corrected chi connectivity index (χ3v) is 6.28. The first kappa shape index (κ1) is 21.3. The van der Waals surface area contributed by atoms with Crippen molar-refractivity contribution >= 4 is 23.3 Å². The van der Waals surface area contributed by atoms with E-state index in [1.54, 1.807) is 17.8 Å². The Morgan fingerprint density at radius 3 is 2.65 bits per heavy atom. The van der Waals surface area contributed by atoms with Gasteiger partial charge >= 0.3 is 6.18 Å². The molecule has 7 heteroatoms. The highest BCUT2D eigenvalue weighted by molar-refractivity contribution is 8.03. The van der Waals surface area contributed by atoms with Gasteiger partial charge in [-0.15, -0.1) is 11.8 Å². The number of halogens is 3. The van der Waals surface area contributed by atoms with Crippen LogP contribution in [0, 0.1) is 0 Å². The van der Waals surface area contributed by atoms with E-state index in [-0.39, 0.29) is 5.56 Å². The number of anilines is 1. The monoisotopic (exact) mass is 441 g/mol. The van der Waals surface area contributed by atoms with Crippen molar-refractivity contribution in [2.45, 2.75) is 25.7 Å². The van der Waals surface area contributed by atoms with Crippen molar-refractivity contribution < 1.29 is 13.2 Å². The molecule has 0 aliphatic carbocycles. The van der Waals surface area contributed by atoms with Crippen LogP contribution in [-0.4, -0.2) is 11.6 Å². The van der Waals surface area contributed by atoms with E-state index in [4.69, 9.17) is 0 Å². The van der Waals surface area contributed by atoms with E-state index in [0.717, 1.165) is 34.3 Å². The summed E-state index contributed by atoms with van der Waals surface area (Å²) < 4.78 is 40.8. The zero-order valence-electron chi connectivity index (χ0n) is 17.0. The van der Waals surface area contributed by atoms with E-state index in [1.165, 1.54) is 12.1 Å². The zero-order chi connectivity index (χ0) is 22.0. The number of fused-ring (bicyclic) bond motifs is 1. The molecule has 0 fully saturated rings. The average molecular weight is 442 g/mol. The van der Waals surface area contributed by atoms with Gasteiger partial charge in [-0.1, -0.05) is 49.1 Å². The first-order valence-corrected chi connectivity index (χ1v) is 10.9. The molecule has 31 heavy (non-hydrogen) atoms. The summed E-state index contributed by atoms with van der Waals surface area (Å²) in [5, 5.41) is 6.41. The van der Waals surface area contributed by atoms with Gasteiger partial charge in [-0.25, -0.2) is 4.99 Å². The molecule has 0 saturated carbocycles. The number of amidine groups is 1. The second-order valence-electron chi connectivity index (χ2n) is 7.17. The number of aliphatic imine (C=N–C) groups is 1. The molecule has 160 valence electrons. The van der Waals surface area contributed by atoms with E-state index in [9.17, 15) is 13.2 Å². The lowest BCUT2D eigenvalue weighted by Gasteiger charge is -2.28. The van der Waals surface area contributed by atoms with Crippen LogP contribution in [0.3, 0.4) is 0 Å². The molecule has 0 amide bonds. The van der Waals surface area contributed by atoms with Gasteiger partial charge in [0.25, 0.3) is 0 Å². The van der Waals surface area contributed by atoms with Gasteiger partial charge in [-0.05, 0) is 31.5 Å². The molecule has 2 heterocycles. The maximum Gasteiger partial charge on any atom is 0.416 e. The molecule has 0 saturated heterocycles. The van der Waals surface area contributed by atoms with Crippen LogP contribution < -0.4 is 10.6 Å². The number of nitrogens with one attached hydrogen (secondary N) is 2. The van der Waals surface area contributed by atoms with Crippen molar-refractivity contribution in [2.75, 3.05) is 11.1 Å². The van der Waals surface area contributed by atoms with Crippen LogP contribution >= 0.6 is 11.8 Å². The van der Waals surface area contributed by atoms with E-state index in [0.29, 0.717) is 17.2 Å². The first-order chi connectivity index (χ1) is 14.9. The fourth-order valence-corrected chi connectivity index (χ4v) is 4.80. The number of thioether (sulfide) groups is 1. The molecule has 0 radical (unpaired) electrons. The van der Waals surface area contributed by atoms with Gasteiger partial charge in [-0.3, -0.25) is 0 Å². The second-order valence-corrected chi connectivity index (χ2v) is 8.30. The molecule has 2 N–H and O–H groups in total. The molecule has 2 aromatic carbocycles. The number of benzene rings is 2. The van der Waals surface area contributed by atoms with Crippen LogP contribution in [-0.2, 0) is 6.18 Å². The summed E-state index contributed by atoms with van der Waals surface area (Å²) in [5.41, 5.74) is 2.53. The van der Waals surface area contributed by atoms with Gasteiger partial charge in [0.2, 0.25) is 0 Å². The maximum atomic E-state index is 13.6. The Morgan fingerprint density at radius 1 is 1.19 bits per heavy atom. The lowest BCUT2D eigenvalue weighted by molar-refractivity contribution is -0.138. The Morgan fingerprint density at radius 2 is 1.94 bits per heavy atom. The van der Waals surface area contributed by atoms with Gasteiger partial charge < -0.3 is 10.6 Å². The summed E-state index contributed by atoms with van der Waals surface area (Å²) in [7, 11) is 0. The number of alkyl halides is 3. The summed E-state index contributed by atoms with van der Waals surface area (Å²) >= 11 is 1.77. The van der Waals surface area contributed by atoms with Crippen LogP contribution in [0.25, 0.3) is 0 Å². The first-order valence-electron chi connectivity index (χ1n) is 9.94. The zero-order valence-corrected chi connectivity index (χ0v) is 17.8. The number of allylic oxidation sites excluding steroid dienone is 3. The summed E-state index contributed by atoms with van der Waals surface area (Å²) in [6.45, 7) is 6.12. The lowest BCUT2D eigenvalue weighted by Crippen LogP contribution is -2.31. The molecule has 1 unspecified atom stereocenters. The Kier molecular flexibility index (Phi) is 5.96. The summed E-state index contributed by atoms with van der Waals surface area (Å²) in [5.74, 6) is 1.52. The Balaban J connectivity index is 1.72. The Hall–Kier alpha value is -2.93. The van der Waals surface area contributed by atoms with Crippen molar-refractivity contribution in [2.24, 2.45) is 4.99 Å². The van der Waals surface area contributed by atoms with E-state index in [2.05, 4.69) is 28.3 Å². The minimum atomic E-state index is -4.47. The predicted octanol–water partition coefficient (Wildman–Crippen LogP) is 6.65. The van der Waals surface area contributed by atoms with Crippen LogP contribution in [0.5, 0.6) is 0 Å². The number of hydrogen-bond donors (Lipinski definition) is 2. The van der Waals surface area contributed by atoms with Crippen LogP contribution in [0.1, 0.15) is 36.2 Å². The Labute approximate surface area is 183 Å². The third kappa shape index (κ3) is 4.42. The number of nitrogens with zero attached hydrogens (tertiary/aromatic N) is 1. The molecular formula is C24H22F3N3S. The highest BCUT2D eigenvalue weighted by atomic mass is 32.2. The van der Waals surface area contributed by atoms with Gasteiger partial charge in [0.15, 0.2) is 0 Å². The number of hydrogen-bond acceptors (Lipinski definition) is 4. The van der Waals surface area contributed by atoms with Gasteiger partial charge in [0.05, 0.1) is 5.56 Å².